The van der Waals surface area contributed by atoms with Gasteiger partial charge in [-0.3, -0.25) is 10.1 Å². The number of hydrogen-bond donors (Lipinski definition) is 3. The molecule has 2 heterocycles. The van der Waals surface area contributed by atoms with Crippen LogP contribution in [0.4, 0.5) is 9.59 Å². The minimum atomic E-state index is -1.63. The number of rotatable bonds is 0. The van der Waals surface area contributed by atoms with Gasteiger partial charge in [0.05, 0.1) is 5.01 Å². The Morgan fingerprint density at radius 2 is 1.81 bits per heavy atom. The smallest absolute Gasteiger partial charge is 0.310 e. The van der Waals surface area contributed by atoms with Gasteiger partial charge in [-0.25, -0.2) is 9.59 Å². The molecule has 0 spiro atoms. The second kappa shape index (κ2) is 3.08. The molecule has 2 fully saturated rings. The summed E-state index contributed by atoms with van der Waals surface area (Å²) in [5.74, 6) is -0.888. The van der Waals surface area contributed by atoms with Gasteiger partial charge in [-0.2, -0.15) is 6.57 Å². The fourth-order valence-electron chi connectivity index (χ4n) is 1.36. The van der Waals surface area contributed by atoms with E-state index in [0.29, 0.717) is 5.01 Å². The number of amides is 5. The van der Waals surface area contributed by atoms with Crippen LogP contribution in [0.3, 0.4) is 0 Å². The molecule has 0 aliphatic carbocycles. The quantitative estimate of drug-likeness (QED) is 0.321. The largest absolute Gasteiger partial charge is 0.395 e. The standard InChI is InChI=1S/C6H3Br2N5O3/c1-9-13-2(14)5(7)6(8,12-4(13)16)11-3(15)10-5/h(H,12,16)(H2,10,11,15). The normalized spacial score (nSPS) is 37.1. The van der Waals surface area contributed by atoms with Crippen LogP contribution in [0.1, 0.15) is 0 Å². The van der Waals surface area contributed by atoms with E-state index in [0.717, 1.165) is 0 Å². The third kappa shape index (κ3) is 1.15. The number of nitrogens with zero attached hydrogens (tertiary/aromatic N) is 2. The van der Waals surface area contributed by atoms with E-state index in [2.05, 4.69) is 52.8 Å². The monoisotopic (exact) mass is 351 g/mol. The first-order chi connectivity index (χ1) is 7.34. The summed E-state index contributed by atoms with van der Waals surface area (Å²) in [5, 5.41) is 7.17. The molecular formula is C6H3Br2N5O3. The van der Waals surface area contributed by atoms with E-state index in [4.69, 9.17) is 6.57 Å². The number of alkyl halides is 2. The Morgan fingerprint density at radius 3 is 2.38 bits per heavy atom. The summed E-state index contributed by atoms with van der Waals surface area (Å²) in [6.45, 7) is 6.71. The zero-order chi connectivity index (χ0) is 12.1. The van der Waals surface area contributed by atoms with Crippen LogP contribution in [0.2, 0.25) is 0 Å². The summed E-state index contributed by atoms with van der Waals surface area (Å²) in [6.07, 6.45) is 0. The minimum Gasteiger partial charge on any atom is -0.310 e. The van der Waals surface area contributed by atoms with Crippen LogP contribution >= 0.6 is 31.9 Å². The van der Waals surface area contributed by atoms with Crippen molar-refractivity contribution in [2.45, 2.75) is 9.02 Å². The van der Waals surface area contributed by atoms with Crippen molar-refractivity contribution in [3.05, 3.63) is 11.5 Å². The van der Waals surface area contributed by atoms with Gasteiger partial charge in [-0.1, -0.05) is 0 Å². The number of carbonyl (C=O) groups is 3. The third-order valence-electron chi connectivity index (χ3n) is 2.10. The lowest BCUT2D eigenvalue weighted by Crippen LogP contribution is -2.74. The van der Waals surface area contributed by atoms with Gasteiger partial charge in [-0.05, 0) is 31.9 Å². The van der Waals surface area contributed by atoms with E-state index in [9.17, 15) is 14.4 Å². The highest BCUT2D eigenvalue weighted by atomic mass is 79.9. The number of hydrogen-bond acceptors (Lipinski definition) is 3. The lowest BCUT2D eigenvalue weighted by Gasteiger charge is -2.37. The molecule has 16 heavy (non-hydrogen) atoms. The van der Waals surface area contributed by atoms with E-state index < -0.39 is 27.0 Å². The van der Waals surface area contributed by atoms with Crippen LogP contribution in [0.15, 0.2) is 0 Å². The van der Waals surface area contributed by atoms with Crippen LogP contribution < -0.4 is 16.0 Å². The van der Waals surface area contributed by atoms with Crippen molar-refractivity contribution >= 4 is 49.8 Å². The number of nitrogens with one attached hydrogen (secondary N) is 3. The zero-order valence-corrected chi connectivity index (χ0v) is 10.5. The van der Waals surface area contributed by atoms with Gasteiger partial charge in [-0.15, -0.1) is 4.95 Å². The van der Waals surface area contributed by atoms with Crippen molar-refractivity contribution in [2.75, 3.05) is 0 Å². The van der Waals surface area contributed by atoms with Gasteiger partial charge in [0.15, 0.2) is 0 Å². The molecule has 0 aromatic carbocycles. The molecule has 0 saturated carbocycles. The van der Waals surface area contributed by atoms with Gasteiger partial charge in [0.25, 0.3) is 0 Å². The third-order valence-corrected chi connectivity index (χ3v) is 4.76. The molecule has 0 radical (unpaired) electrons. The maximum Gasteiger partial charge on any atom is 0.395 e. The van der Waals surface area contributed by atoms with Crippen molar-refractivity contribution in [1.29, 1.82) is 0 Å². The second-order valence-electron chi connectivity index (χ2n) is 3.04. The predicted octanol–water partition coefficient (Wildman–Crippen LogP) is -0.175. The Balaban J connectivity index is 2.51. The molecule has 2 unspecified atom stereocenters. The highest BCUT2D eigenvalue weighted by Gasteiger charge is 2.69. The molecule has 0 aromatic heterocycles. The van der Waals surface area contributed by atoms with Crippen molar-refractivity contribution in [1.82, 2.24) is 21.0 Å². The van der Waals surface area contributed by atoms with Gasteiger partial charge in [0.2, 0.25) is 9.02 Å². The first kappa shape index (κ1) is 11.2. The Labute approximate surface area is 106 Å². The lowest BCUT2D eigenvalue weighted by molar-refractivity contribution is -0.131. The van der Waals surface area contributed by atoms with E-state index in [-0.39, 0.29) is 0 Å². The summed E-state index contributed by atoms with van der Waals surface area (Å²) >= 11 is 6.04. The molecular weight excluding hydrogens is 350 g/mol. The topological polar surface area (TPSA) is 94.9 Å². The maximum absolute atomic E-state index is 11.8. The number of halogens is 2. The second-order valence-corrected chi connectivity index (χ2v) is 5.42. The van der Waals surface area contributed by atoms with Gasteiger partial charge >= 0.3 is 18.0 Å². The highest BCUT2D eigenvalue weighted by molar-refractivity contribution is 9.13. The molecule has 84 valence electrons. The van der Waals surface area contributed by atoms with E-state index >= 15 is 0 Å². The molecule has 0 aromatic rings. The zero-order valence-electron chi connectivity index (χ0n) is 7.38. The molecule has 2 saturated heterocycles. The van der Waals surface area contributed by atoms with Crippen molar-refractivity contribution < 1.29 is 14.4 Å². The molecule has 2 aliphatic heterocycles. The first-order valence-corrected chi connectivity index (χ1v) is 5.45. The van der Waals surface area contributed by atoms with Crippen LogP contribution in [-0.2, 0) is 4.79 Å². The summed E-state index contributed by atoms with van der Waals surface area (Å²) in [6, 6.07) is -1.58. The molecule has 3 N–H and O–H groups in total. The van der Waals surface area contributed by atoms with E-state index in [1.807, 2.05) is 0 Å². The summed E-state index contributed by atoms with van der Waals surface area (Å²) in [5.41, 5.74) is 0. The van der Waals surface area contributed by atoms with Gasteiger partial charge < -0.3 is 10.6 Å². The van der Waals surface area contributed by atoms with E-state index in [1.54, 1.807) is 0 Å². The molecule has 10 heteroatoms. The van der Waals surface area contributed by atoms with Crippen LogP contribution in [0, 0.1) is 6.57 Å². The molecule has 5 amide bonds. The van der Waals surface area contributed by atoms with Crippen LogP contribution in [-0.4, -0.2) is 32.0 Å². The lowest BCUT2D eigenvalue weighted by atomic mass is 10.2. The Hall–Kier alpha value is -1.34. The SMILES string of the molecule is [C-]#[N+]N1C(=O)NC2(Br)NC(=O)NC2(Br)C1=O. The summed E-state index contributed by atoms with van der Waals surface area (Å²) in [7, 11) is 0. The number of fused-ring (bicyclic) bond motifs is 1. The maximum atomic E-state index is 11.8. The molecule has 2 atom stereocenters. The fraction of sp³-hybridized carbons (Fsp3) is 0.333. The van der Waals surface area contributed by atoms with E-state index in [1.165, 1.54) is 0 Å². The first-order valence-electron chi connectivity index (χ1n) is 3.86. The predicted molar refractivity (Wildman–Crippen MR) is 57.0 cm³/mol. The van der Waals surface area contributed by atoms with Crippen molar-refractivity contribution in [2.24, 2.45) is 0 Å². The molecule has 8 nitrogen and oxygen atoms in total. The van der Waals surface area contributed by atoms with Crippen LogP contribution in [0.5, 0.6) is 0 Å². The number of carbonyl (C=O) groups excluding carboxylic acids is 3. The minimum absolute atomic E-state index is 0.293. The summed E-state index contributed by atoms with van der Waals surface area (Å²) < 4.78 is -3.12. The van der Waals surface area contributed by atoms with Gasteiger partial charge in [0.1, 0.15) is 0 Å². The average molecular weight is 353 g/mol. The molecule has 0 bridgehead atoms. The Morgan fingerprint density at radius 1 is 1.19 bits per heavy atom. The van der Waals surface area contributed by atoms with Crippen LogP contribution in [0.25, 0.3) is 4.95 Å². The Kier molecular flexibility index (Phi) is 2.15. The summed E-state index contributed by atoms with van der Waals surface area (Å²) in [4.78, 5) is 37.2. The molecule has 2 aliphatic rings. The van der Waals surface area contributed by atoms with Crippen molar-refractivity contribution in [3.8, 4) is 0 Å². The highest BCUT2D eigenvalue weighted by Crippen LogP contribution is 2.40. The average Bonchev–Trinajstić information content (AvgIpc) is 2.37. The Bertz CT molecular complexity index is 462. The number of urea groups is 2. The number of imide groups is 1. The van der Waals surface area contributed by atoms with Gasteiger partial charge in [0, 0.05) is 0 Å². The molecule has 2 rings (SSSR count). The fourth-order valence-corrected chi connectivity index (χ4v) is 2.53. The van der Waals surface area contributed by atoms with Crippen molar-refractivity contribution in [3.63, 3.8) is 0 Å².